The van der Waals surface area contributed by atoms with Crippen molar-refractivity contribution in [3.05, 3.63) is 47.9 Å². The molecule has 0 spiro atoms. The number of halogens is 1. The van der Waals surface area contributed by atoms with E-state index in [1.54, 1.807) is 25.2 Å². The minimum absolute atomic E-state index is 0.195. The Balaban J connectivity index is 2.43. The van der Waals surface area contributed by atoms with Crippen molar-refractivity contribution in [2.75, 3.05) is 24.8 Å². The molecule has 0 bridgehead atoms. The minimum Gasteiger partial charge on any atom is -0.465 e. The molecule has 20 heavy (non-hydrogen) atoms. The maximum absolute atomic E-state index is 13.7. The highest BCUT2D eigenvalue weighted by atomic mass is 19.1. The minimum atomic E-state index is -0.562. The van der Waals surface area contributed by atoms with Crippen molar-refractivity contribution in [1.29, 1.82) is 0 Å². The summed E-state index contributed by atoms with van der Waals surface area (Å²) in [4.78, 5) is 17.2. The molecule has 5 nitrogen and oxygen atoms in total. The summed E-state index contributed by atoms with van der Waals surface area (Å²) in [7, 11) is 2.92. The number of nitrogen functional groups attached to an aromatic ring is 1. The highest BCUT2D eigenvalue weighted by Crippen LogP contribution is 2.26. The van der Waals surface area contributed by atoms with Gasteiger partial charge >= 0.3 is 5.97 Å². The summed E-state index contributed by atoms with van der Waals surface area (Å²) in [5.74, 6) is -0.550. The van der Waals surface area contributed by atoms with Crippen molar-refractivity contribution in [3.8, 4) is 0 Å². The molecule has 6 heteroatoms. The average molecular weight is 275 g/mol. The molecular weight excluding hydrogens is 261 g/mol. The number of aromatic nitrogens is 1. The van der Waals surface area contributed by atoms with Crippen LogP contribution in [0.1, 0.15) is 10.4 Å². The number of anilines is 3. The molecule has 0 unspecified atom stereocenters. The third kappa shape index (κ3) is 2.54. The number of methoxy groups -OCH3 is 1. The predicted molar refractivity (Wildman–Crippen MR) is 74.5 cm³/mol. The van der Waals surface area contributed by atoms with Gasteiger partial charge in [0, 0.05) is 7.05 Å². The van der Waals surface area contributed by atoms with Gasteiger partial charge in [-0.05, 0) is 18.2 Å². The number of para-hydroxylation sites is 1. The van der Waals surface area contributed by atoms with E-state index in [1.165, 1.54) is 30.3 Å². The van der Waals surface area contributed by atoms with Gasteiger partial charge in [0.2, 0.25) is 0 Å². The van der Waals surface area contributed by atoms with Crippen molar-refractivity contribution in [2.24, 2.45) is 0 Å². The molecule has 0 atom stereocenters. The second kappa shape index (κ2) is 5.56. The Hall–Kier alpha value is -2.63. The molecule has 0 saturated heterocycles. The number of benzene rings is 1. The molecule has 0 radical (unpaired) electrons. The molecule has 2 N–H and O–H groups in total. The van der Waals surface area contributed by atoms with Crippen LogP contribution < -0.4 is 10.6 Å². The first kappa shape index (κ1) is 13.8. The summed E-state index contributed by atoms with van der Waals surface area (Å²) in [5, 5.41) is 0. The maximum Gasteiger partial charge on any atom is 0.340 e. The normalized spacial score (nSPS) is 10.2. The molecule has 1 aromatic carbocycles. The zero-order valence-electron chi connectivity index (χ0n) is 11.1. The number of pyridine rings is 1. The summed E-state index contributed by atoms with van der Waals surface area (Å²) in [6.45, 7) is 0. The quantitative estimate of drug-likeness (QED) is 0.871. The third-order valence-corrected chi connectivity index (χ3v) is 2.88. The van der Waals surface area contributed by atoms with Crippen LogP contribution in [0.2, 0.25) is 0 Å². The second-order valence-corrected chi connectivity index (χ2v) is 4.13. The van der Waals surface area contributed by atoms with E-state index in [0.29, 0.717) is 11.5 Å². The van der Waals surface area contributed by atoms with Gasteiger partial charge in [0.05, 0.1) is 30.2 Å². The Kier molecular flexibility index (Phi) is 3.84. The molecule has 0 aliphatic carbocycles. The Bertz CT molecular complexity index is 646. The zero-order valence-corrected chi connectivity index (χ0v) is 11.1. The number of nitrogens with zero attached hydrogens (tertiary/aromatic N) is 2. The van der Waals surface area contributed by atoms with E-state index in [9.17, 15) is 9.18 Å². The van der Waals surface area contributed by atoms with Crippen LogP contribution in [0, 0.1) is 5.82 Å². The van der Waals surface area contributed by atoms with E-state index in [1.807, 2.05) is 0 Å². The van der Waals surface area contributed by atoms with E-state index >= 15 is 0 Å². The van der Waals surface area contributed by atoms with Crippen LogP contribution in [0.15, 0.2) is 36.5 Å². The largest absolute Gasteiger partial charge is 0.465 e. The monoisotopic (exact) mass is 275 g/mol. The van der Waals surface area contributed by atoms with Crippen molar-refractivity contribution in [2.45, 2.75) is 0 Å². The molecule has 2 rings (SSSR count). The first-order valence-electron chi connectivity index (χ1n) is 5.86. The van der Waals surface area contributed by atoms with Gasteiger partial charge < -0.3 is 15.4 Å². The van der Waals surface area contributed by atoms with Crippen LogP contribution in [0.5, 0.6) is 0 Å². The van der Waals surface area contributed by atoms with Crippen LogP contribution in [0.25, 0.3) is 0 Å². The van der Waals surface area contributed by atoms with E-state index in [2.05, 4.69) is 9.72 Å². The number of nitrogens with two attached hydrogens (primary N) is 1. The van der Waals surface area contributed by atoms with Crippen molar-refractivity contribution in [1.82, 2.24) is 4.98 Å². The van der Waals surface area contributed by atoms with E-state index in [-0.39, 0.29) is 17.1 Å². The summed E-state index contributed by atoms with van der Waals surface area (Å²) >= 11 is 0. The van der Waals surface area contributed by atoms with Gasteiger partial charge in [0.15, 0.2) is 0 Å². The van der Waals surface area contributed by atoms with Gasteiger partial charge in [-0.2, -0.15) is 0 Å². The Morgan fingerprint density at radius 3 is 2.75 bits per heavy atom. The number of esters is 1. The van der Waals surface area contributed by atoms with Crippen molar-refractivity contribution >= 4 is 23.2 Å². The van der Waals surface area contributed by atoms with Gasteiger partial charge in [-0.1, -0.05) is 12.1 Å². The van der Waals surface area contributed by atoms with E-state index in [0.717, 1.165) is 0 Å². The molecule has 0 aliphatic rings. The zero-order chi connectivity index (χ0) is 14.7. The van der Waals surface area contributed by atoms with Gasteiger partial charge in [0.25, 0.3) is 0 Å². The molecule has 0 fully saturated rings. The number of carbonyl (C=O) groups is 1. The molecule has 104 valence electrons. The molecule has 0 amide bonds. The van der Waals surface area contributed by atoms with Crippen LogP contribution in [0.4, 0.5) is 21.6 Å². The summed E-state index contributed by atoms with van der Waals surface area (Å²) in [6.07, 6.45) is 1.35. The van der Waals surface area contributed by atoms with E-state index < -0.39 is 5.97 Å². The fraction of sp³-hybridized carbons (Fsp3) is 0.143. The maximum atomic E-state index is 13.7. The SMILES string of the molecule is COC(=O)c1cc(N(C)c2ccccc2F)ncc1N. The molecule has 1 aromatic heterocycles. The lowest BCUT2D eigenvalue weighted by Gasteiger charge is -2.19. The molecule has 0 saturated carbocycles. The molecule has 0 aliphatic heterocycles. The van der Waals surface area contributed by atoms with Crippen LogP contribution >= 0.6 is 0 Å². The standard InChI is InChI=1S/C14H14FN3O2/c1-18(12-6-4-3-5-10(12)15)13-7-9(14(19)20-2)11(16)8-17-13/h3-8H,16H2,1-2H3. The Morgan fingerprint density at radius 2 is 2.10 bits per heavy atom. The first-order chi connectivity index (χ1) is 9.54. The van der Waals surface area contributed by atoms with Crippen molar-refractivity contribution in [3.63, 3.8) is 0 Å². The Labute approximate surface area is 115 Å². The van der Waals surface area contributed by atoms with Gasteiger partial charge in [-0.3, -0.25) is 0 Å². The fourth-order valence-electron chi connectivity index (χ4n) is 1.77. The molecule has 1 heterocycles. The number of ether oxygens (including phenoxy) is 1. The topological polar surface area (TPSA) is 68.5 Å². The molecular formula is C14H14FN3O2. The number of rotatable bonds is 3. The van der Waals surface area contributed by atoms with Crippen LogP contribution in [-0.4, -0.2) is 25.1 Å². The second-order valence-electron chi connectivity index (χ2n) is 4.13. The Morgan fingerprint density at radius 1 is 1.40 bits per heavy atom. The summed E-state index contributed by atoms with van der Waals surface area (Å²) < 4.78 is 18.4. The highest BCUT2D eigenvalue weighted by molar-refractivity contribution is 5.95. The third-order valence-electron chi connectivity index (χ3n) is 2.88. The van der Waals surface area contributed by atoms with Crippen LogP contribution in [0.3, 0.4) is 0 Å². The lowest BCUT2D eigenvalue weighted by molar-refractivity contribution is 0.0602. The smallest absolute Gasteiger partial charge is 0.340 e. The van der Waals surface area contributed by atoms with Crippen molar-refractivity contribution < 1.29 is 13.9 Å². The lowest BCUT2D eigenvalue weighted by Crippen LogP contribution is -2.15. The lowest BCUT2D eigenvalue weighted by atomic mass is 10.2. The van der Waals surface area contributed by atoms with Crippen LogP contribution in [-0.2, 0) is 4.74 Å². The summed E-state index contributed by atoms with van der Waals surface area (Å²) in [5.41, 5.74) is 6.43. The van der Waals surface area contributed by atoms with Gasteiger partial charge in [-0.15, -0.1) is 0 Å². The van der Waals surface area contributed by atoms with E-state index in [4.69, 9.17) is 5.73 Å². The average Bonchev–Trinajstić information content (AvgIpc) is 2.47. The summed E-state index contributed by atoms with van der Waals surface area (Å²) in [6, 6.07) is 7.75. The highest BCUT2D eigenvalue weighted by Gasteiger charge is 2.15. The number of hydrogen-bond acceptors (Lipinski definition) is 5. The van der Waals surface area contributed by atoms with Gasteiger partial charge in [0.1, 0.15) is 11.6 Å². The molecule has 2 aromatic rings. The van der Waals surface area contributed by atoms with Gasteiger partial charge in [-0.25, -0.2) is 14.2 Å². The number of carbonyl (C=O) groups excluding carboxylic acids is 1. The predicted octanol–water partition coefficient (Wildman–Crippen LogP) is 2.36. The fourth-order valence-corrected chi connectivity index (χ4v) is 1.77. The number of hydrogen-bond donors (Lipinski definition) is 1. The first-order valence-corrected chi connectivity index (χ1v) is 5.86.